The molecule has 2 unspecified atom stereocenters. The van der Waals surface area contributed by atoms with Crippen molar-refractivity contribution < 1.29 is 74.6 Å². The zero-order valence-corrected chi connectivity index (χ0v) is 46.0. The Morgan fingerprint density at radius 2 is 1.05 bits per heavy atom. The first-order valence-electron chi connectivity index (χ1n) is 27.6. The molecule has 2 saturated heterocycles. The van der Waals surface area contributed by atoms with Crippen molar-refractivity contribution in [3.05, 3.63) is 133 Å². The minimum atomic E-state index is -0.737. The van der Waals surface area contributed by atoms with Crippen LogP contribution in [0, 0.1) is 29.2 Å². The smallest absolute Gasteiger partial charge is 0.338 e. The second-order valence-corrected chi connectivity index (χ2v) is 20.0. The Labute approximate surface area is 463 Å². The largest absolute Gasteiger partial charge is 0.493 e. The number of hydrogen-bond donors (Lipinski definition) is 0. The first kappa shape index (κ1) is 63.3. The fourth-order valence-corrected chi connectivity index (χ4v) is 8.38. The van der Waals surface area contributed by atoms with Crippen molar-refractivity contribution in [1.29, 1.82) is 0 Å². The lowest BCUT2D eigenvalue weighted by Crippen LogP contribution is -2.23. The fraction of sp³-hybridized carbons (Fsp3) is 0.476. The molecule has 12 nitrogen and oxygen atoms in total. The standard InChI is InChI=1S/C33H40F2O7.C30H38F2O5/c1-23(2)33(37)40-16-10-8-6-4-5-7-9-15-39-28-19-29(34)32(30(35)20-28)26-11-13-27(14-12-26)41-22-38-21-25-17-24(3)42-31(36)18-25;1-22(2)30(33)37-25-14-12-23(13-15-25)24-18-27(31)29(28(32)19-24)35-17-11-9-7-5-3-4-6-8-10-16-34-20-26-21-36-26/h11-14,19-20,25H,1,3-10,15-18,21-22H2,2H3;12-15,18-19,26H,1,3-11,16-17,20-21H2,2H3. The van der Waals surface area contributed by atoms with Crippen molar-refractivity contribution >= 4 is 17.9 Å². The van der Waals surface area contributed by atoms with Crippen LogP contribution in [0.25, 0.3) is 22.3 Å². The van der Waals surface area contributed by atoms with Crippen molar-refractivity contribution in [2.24, 2.45) is 5.92 Å². The third kappa shape index (κ3) is 24.6. The average Bonchev–Trinajstić information content (AvgIpc) is 4.27. The number of hydrogen-bond acceptors (Lipinski definition) is 12. The van der Waals surface area contributed by atoms with Gasteiger partial charge in [0.1, 0.15) is 40.7 Å². The lowest BCUT2D eigenvalue weighted by molar-refractivity contribution is -0.145. The summed E-state index contributed by atoms with van der Waals surface area (Å²) in [7, 11) is 0. The molecule has 0 saturated carbocycles. The molecular formula is C63H78F4O12. The molecular weight excluding hydrogens is 1020 g/mol. The van der Waals surface area contributed by atoms with Gasteiger partial charge in [-0.1, -0.05) is 121 Å². The molecule has 79 heavy (non-hydrogen) atoms. The van der Waals surface area contributed by atoms with Gasteiger partial charge in [0.15, 0.2) is 24.2 Å². The summed E-state index contributed by atoms with van der Waals surface area (Å²) in [5.74, 6) is -3.01. The Hall–Kier alpha value is -6.49. The summed E-state index contributed by atoms with van der Waals surface area (Å²) in [6.07, 6.45) is 17.9. The van der Waals surface area contributed by atoms with Crippen LogP contribution in [0.5, 0.6) is 23.0 Å². The Balaban J connectivity index is 0.000000293. The van der Waals surface area contributed by atoms with Crippen molar-refractivity contribution in [3.63, 3.8) is 0 Å². The highest BCUT2D eigenvalue weighted by Gasteiger charge is 2.24. The fourth-order valence-electron chi connectivity index (χ4n) is 8.38. The third-order valence-corrected chi connectivity index (χ3v) is 12.8. The molecule has 0 N–H and O–H groups in total. The summed E-state index contributed by atoms with van der Waals surface area (Å²) in [4.78, 5) is 34.4. The van der Waals surface area contributed by atoms with Gasteiger partial charge in [-0.15, -0.1) is 0 Å². The minimum Gasteiger partial charge on any atom is -0.493 e. The Bertz CT molecular complexity index is 2500. The van der Waals surface area contributed by atoms with E-state index in [9.17, 15) is 31.9 Å². The normalized spacial score (nSPS) is 14.6. The molecule has 16 heteroatoms. The van der Waals surface area contributed by atoms with Crippen LogP contribution < -0.4 is 18.9 Å². The van der Waals surface area contributed by atoms with Crippen LogP contribution in [0.15, 0.2) is 109 Å². The van der Waals surface area contributed by atoms with Crippen molar-refractivity contribution in [1.82, 2.24) is 0 Å². The van der Waals surface area contributed by atoms with Gasteiger partial charge in [-0.2, -0.15) is 0 Å². The van der Waals surface area contributed by atoms with Gasteiger partial charge in [0, 0.05) is 36.3 Å². The lowest BCUT2D eigenvalue weighted by Gasteiger charge is -2.22. The Morgan fingerprint density at radius 1 is 0.544 bits per heavy atom. The number of carbonyl (C=O) groups is 3. The predicted molar refractivity (Wildman–Crippen MR) is 295 cm³/mol. The predicted octanol–water partition coefficient (Wildman–Crippen LogP) is 15.1. The van der Waals surface area contributed by atoms with Gasteiger partial charge in [-0.25, -0.2) is 27.2 Å². The van der Waals surface area contributed by atoms with E-state index in [2.05, 4.69) is 19.7 Å². The number of unbranched alkanes of at least 4 members (excludes halogenated alkanes) is 14. The summed E-state index contributed by atoms with van der Waals surface area (Å²) >= 11 is 0. The quantitative estimate of drug-likeness (QED) is 0.00815. The van der Waals surface area contributed by atoms with Gasteiger partial charge in [0.2, 0.25) is 0 Å². The van der Waals surface area contributed by atoms with Gasteiger partial charge in [0.05, 0.1) is 51.6 Å². The van der Waals surface area contributed by atoms with Crippen molar-refractivity contribution in [2.75, 3.05) is 53.0 Å². The number of epoxide rings is 1. The van der Waals surface area contributed by atoms with Crippen LogP contribution in [0.2, 0.25) is 0 Å². The molecule has 0 aromatic heterocycles. The summed E-state index contributed by atoms with van der Waals surface area (Å²) in [6.45, 7) is 17.7. The van der Waals surface area contributed by atoms with Crippen LogP contribution in [0.1, 0.15) is 129 Å². The Kier molecular flexibility index (Phi) is 28.2. The maximum Gasteiger partial charge on any atom is 0.338 e. The topological polar surface area (TPSA) is 138 Å². The number of esters is 3. The highest BCUT2D eigenvalue weighted by molar-refractivity contribution is 5.89. The van der Waals surface area contributed by atoms with E-state index in [0.717, 1.165) is 96.9 Å². The summed E-state index contributed by atoms with van der Waals surface area (Å²) in [5, 5.41) is 0. The molecule has 6 rings (SSSR count). The van der Waals surface area contributed by atoms with E-state index in [-0.39, 0.29) is 60.3 Å². The zero-order chi connectivity index (χ0) is 56.8. The van der Waals surface area contributed by atoms with Gasteiger partial charge in [-0.3, -0.25) is 4.79 Å². The van der Waals surface area contributed by atoms with Gasteiger partial charge >= 0.3 is 17.9 Å². The molecule has 0 bridgehead atoms. The van der Waals surface area contributed by atoms with Crippen molar-refractivity contribution in [3.8, 4) is 45.3 Å². The van der Waals surface area contributed by atoms with Gasteiger partial charge in [-0.05, 0) is 98.5 Å². The third-order valence-electron chi connectivity index (χ3n) is 12.8. The number of ether oxygens (including phenoxy) is 9. The van der Waals surface area contributed by atoms with E-state index in [4.69, 9.17) is 42.6 Å². The highest BCUT2D eigenvalue weighted by atomic mass is 19.1. The van der Waals surface area contributed by atoms with E-state index in [1.165, 1.54) is 49.9 Å². The first-order valence-corrected chi connectivity index (χ1v) is 27.6. The van der Waals surface area contributed by atoms with Crippen molar-refractivity contribution in [2.45, 2.75) is 136 Å². The number of carbonyl (C=O) groups excluding carboxylic acids is 3. The van der Waals surface area contributed by atoms with Gasteiger partial charge < -0.3 is 42.6 Å². The van der Waals surface area contributed by atoms with Gasteiger partial charge in [0.25, 0.3) is 0 Å². The number of benzene rings is 4. The molecule has 0 spiro atoms. The number of halogens is 4. The molecule has 2 aliphatic heterocycles. The van der Waals surface area contributed by atoms with E-state index in [1.54, 1.807) is 62.4 Å². The first-order chi connectivity index (χ1) is 38.2. The summed E-state index contributed by atoms with van der Waals surface area (Å²) < 4.78 is 107. The maximum atomic E-state index is 14.8. The molecule has 4 aromatic carbocycles. The minimum absolute atomic E-state index is 0.00323. The maximum absolute atomic E-state index is 14.8. The van der Waals surface area contributed by atoms with Crippen LogP contribution in [-0.4, -0.2) is 77.1 Å². The molecule has 0 aliphatic carbocycles. The molecule has 2 heterocycles. The van der Waals surface area contributed by atoms with E-state index < -0.39 is 29.2 Å². The second-order valence-electron chi connectivity index (χ2n) is 20.0. The molecule has 430 valence electrons. The molecule has 2 aliphatic rings. The van der Waals surface area contributed by atoms with Crippen LogP contribution >= 0.6 is 0 Å². The van der Waals surface area contributed by atoms with Crippen LogP contribution in [0.4, 0.5) is 17.6 Å². The molecule has 0 radical (unpaired) electrons. The lowest BCUT2D eigenvalue weighted by atomic mass is 9.99. The monoisotopic (exact) mass is 1100 g/mol. The Morgan fingerprint density at radius 3 is 1.59 bits per heavy atom. The molecule has 4 aromatic rings. The summed E-state index contributed by atoms with van der Waals surface area (Å²) in [6, 6.07) is 17.7. The van der Waals surface area contributed by atoms with Crippen LogP contribution in [-0.2, 0) is 38.1 Å². The highest BCUT2D eigenvalue weighted by Crippen LogP contribution is 2.33. The second kappa shape index (κ2) is 35.2. The molecule has 2 atom stereocenters. The van der Waals surface area contributed by atoms with Crippen LogP contribution in [0.3, 0.4) is 0 Å². The van der Waals surface area contributed by atoms with E-state index in [0.29, 0.717) is 71.9 Å². The number of cyclic esters (lactones) is 1. The molecule has 2 fully saturated rings. The van der Waals surface area contributed by atoms with E-state index >= 15 is 0 Å². The number of allylic oxidation sites excluding steroid dienone is 1. The number of rotatable bonds is 36. The summed E-state index contributed by atoms with van der Waals surface area (Å²) in [5.41, 5.74) is 1.90. The SMILES string of the molecule is C=C(C)C(=O)Oc1ccc(-c2cc(F)c(OCCCCCCCCCCCOCC3CO3)c(F)c2)cc1.C=C1CC(COCOc2ccc(-c3c(F)cc(OCCCCCCCCCOC(=O)C(=C)C)cc3F)cc2)CC(=O)O1. The molecule has 0 amide bonds. The van der Waals surface area contributed by atoms with E-state index in [1.807, 2.05) is 0 Å². The average molecular weight is 1100 g/mol. The zero-order valence-electron chi connectivity index (χ0n) is 46.0.